The lowest BCUT2D eigenvalue weighted by molar-refractivity contribution is -0.147. The molecule has 2 aromatic rings. The summed E-state index contributed by atoms with van der Waals surface area (Å²) in [5, 5.41) is 6.94. The minimum atomic E-state index is -4.47. The van der Waals surface area contributed by atoms with E-state index in [1.807, 2.05) is 24.0 Å². The van der Waals surface area contributed by atoms with Gasteiger partial charge in [-0.25, -0.2) is 0 Å². The van der Waals surface area contributed by atoms with Crippen LogP contribution in [0.2, 0.25) is 0 Å². The minimum Gasteiger partial charge on any atom is -0.398 e. The van der Waals surface area contributed by atoms with E-state index in [0.29, 0.717) is 18.1 Å². The molecule has 5 nitrogen and oxygen atoms in total. The number of aromatic nitrogens is 3. The standard InChI is InChI=1S/C13H14F3N5/c1-8-9(17)3-2-4-10(8)20-5-6-21-11(7-20)18-19-12(21)13(14,15)16/h2-4H,5-7,17H2,1H3. The Balaban J connectivity index is 1.92. The van der Waals surface area contributed by atoms with Crippen molar-refractivity contribution in [1.82, 2.24) is 14.8 Å². The summed E-state index contributed by atoms with van der Waals surface area (Å²) >= 11 is 0. The molecule has 0 unspecified atom stereocenters. The molecule has 1 aromatic carbocycles. The molecule has 0 radical (unpaired) electrons. The van der Waals surface area contributed by atoms with Crippen LogP contribution in [-0.2, 0) is 19.3 Å². The van der Waals surface area contributed by atoms with Crippen molar-refractivity contribution in [3.63, 3.8) is 0 Å². The zero-order chi connectivity index (χ0) is 15.2. The van der Waals surface area contributed by atoms with E-state index in [2.05, 4.69) is 10.2 Å². The van der Waals surface area contributed by atoms with E-state index in [1.54, 1.807) is 6.07 Å². The number of hydrogen-bond acceptors (Lipinski definition) is 4. The summed E-state index contributed by atoms with van der Waals surface area (Å²) in [5.41, 5.74) is 8.37. The average molecular weight is 297 g/mol. The lowest BCUT2D eigenvalue weighted by Gasteiger charge is -2.31. The van der Waals surface area contributed by atoms with Crippen molar-refractivity contribution in [3.8, 4) is 0 Å². The lowest BCUT2D eigenvalue weighted by Crippen LogP contribution is -2.35. The number of rotatable bonds is 1. The molecule has 0 bridgehead atoms. The average Bonchev–Trinajstić information content (AvgIpc) is 2.84. The van der Waals surface area contributed by atoms with Crippen LogP contribution in [0, 0.1) is 6.92 Å². The van der Waals surface area contributed by atoms with Crippen molar-refractivity contribution >= 4 is 11.4 Å². The maximum absolute atomic E-state index is 12.8. The Morgan fingerprint density at radius 2 is 1.95 bits per heavy atom. The molecule has 2 N–H and O–H groups in total. The first-order valence-electron chi connectivity index (χ1n) is 6.47. The molecule has 0 amide bonds. The molecule has 0 aliphatic carbocycles. The molecule has 0 spiro atoms. The predicted octanol–water partition coefficient (Wildman–Crippen LogP) is 2.21. The molecular weight excluding hydrogens is 283 g/mol. The number of hydrogen-bond donors (Lipinski definition) is 1. The number of halogens is 3. The Hall–Kier alpha value is -2.25. The molecule has 0 atom stereocenters. The van der Waals surface area contributed by atoms with E-state index in [1.165, 1.54) is 0 Å². The van der Waals surface area contributed by atoms with Crippen molar-refractivity contribution in [1.29, 1.82) is 0 Å². The topological polar surface area (TPSA) is 60.0 Å². The van der Waals surface area contributed by atoms with E-state index in [0.717, 1.165) is 15.8 Å². The smallest absolute Gasteiger partial charge is 0.398 e. The molecule has 0 saturated carbocycles. The highest BCUT2D eigenvalue weighted by molar-refractivity contribution is 5.64. The maximum atomic E-state index is 12.8. The first kappa shape index (κ1) is 13.7. The predicted molar refractivity (Wildman–Crippen MR) is 71.7 cm³/mol. The highest BCUT2D eigenvalue weighted by Crippen LogP contribution is 2.32. The Morgan fingerprint density at radius 1 is 1.19 bits per heavy atom. The van der Waals surface area contributed by atoms with E-state index in [-0.39, 0.29) is 13.1 Å². The van der Waals surface area contributed by atoms with Gasteiger partial charge in [-0.05, 0) is 24.6 Å². The van der Waals surface area contributed by atoms with Crippen molar-refractivity contribution in [2.75, 3.05) is 17.2 Å². The highest BCUT2D eigenvalue weighted by atomic mass is 19.4. The monoisotopic (exact) mass is 297 g/mol. The number of nitrogens with zero attached hydrogens (tertiary/aromatic N) is 4. The quantitative estimate of drug-likeness (QED) is 0.820. The number of anilines is 2. The van der Waals surface area contributed by atoms with Crippen molar-refractivity contribution < 1.29 is 13.2 Å². The van der Waals surface area contributed by atoms with Crippen molar-refractivity contribution in [3.05, 3.63) is 35.4 Å². The van der Waals surface area contributed by atoms with Crippen LogP contribution in [0.3, 0.4) is 0 Å². The van der Waals surface area contributed by atoms with Gasteiger partial charge in [0.15, 0.2) is 5.82 Å². The van der Waals surface area contributed by atoms with Crippen LogP contribution in [0.15, 0.2) is 18.2 Å². The fourth-order valence-corrected chi connectivity index (χ4v) is 2.56. The summed E-state index contributed by atoms with van der Waals surface area (Å²) < 4.78 is 39.5. The third-order valence-corrected chi connectivity index (χ3v) is 3.69. The lowest BCUT2D eigenvalue weighted by atomic mass is 10.1. The van der Waals surface area contributed by atoms with Gasteiger partial charge in [-0.1, -0.05) is 6.07 Å². The van der Waals surface area contributed by atoms with Gasteiger partial charge in [0.2, 0.25) is 5.82 Å². The molecular formula is C13H14F3N5. The number of fused-ring (bicyclic) bond motifs is 1. The molecule has 0 saturated heterocycles. The number of alkyl halides is 3. The molecule has 8 heteroatoms. The van der Waals surface area contributed by atoms with Crippen molar-refractivity contribution in [2.24, 2.45) is 0 Å². The van der Waals surface area contributed by atoms with E-state index in [9.17, 15) is 13.2 Å². The summed E-state index contributed by atoms with van der Waals surface area (Å²) in [4.78, 5) is 1.97. The van der Waals surface area contributed by atoms with Crippen LogP contribution in [0.25, 0.3) is 0 Å². The fourth-order valence-electron chi connectivity index (χ4n) is 2.56. The molecule has 1 aromatic heterocycles. The summed E-state index contributed by atoms with van der Waals surface area (Å²) in [5.74, 6) is -0.614. The Morgan fingerprint density at radius 3 is 2.67 bits per heavy atom. The van der Waals surface area contributed by atoms with E-state index < -0.39 is 12.0 Å². The Bertz CT molecular complexity index is 677. The van der Waals surface area contributed by atoms with Gasteiger partial charge in [-0.2, -0.15) is 13.2 Å². The summed E-state index contributed by atoms with van der Waals surface area (Å²) in [6, 6.07) is 5.54. The molecule has 1 aliphatic rings. The first-order valence-corrected chi connectivity index (χ1v) is 6.47. The zero-order valence-electron chi connectivity index (χ0n) is 11.4. The van der Waals surface area contributed by atoms with Gasteiger partial charge in [0.05, 0.1) is 6.54 Å². The van der Waals surface area contributed by atoms with Gasteiger partial charge in [0.25, 0.3) is 0 Å². The molecule has 112 valence electrons. The first-order chi connectivity index (χ1) is 9.88. The van der Waals surface area contributed by atoms with E-state index in [4.69, 9.17) is 5.73 Å². The SMILES string of the molecule is Cc1c(N)cccc1N1CCn2c(nnc2C(F)(F)F)C1. The highest BCUT2D eigenvalue weighted by Gasteiger charge is 2.39. The number of benzene rings is 1. The second-order valence-corrected chi connectivity index (χ2v) is 5.00. The zero-order valence-corrected chi connectivity index (χ0v) is 11.4. The molecule has 3 rings (SSSR count). The molecule has 1 aliphatic heterocycles. The van der Waals surface area contributed by atoms with Gasteiger partial charge in [0.1, 0.15) is 0 Å². The van der Waals surface area contributed by atoms with E-state index >= 15 is 0 Å². The van der Waals surface area contributed by atoms with Crippen LogP contribution in [0.5, 0.6) is 0 Å². The largest absolute Gasteiger partial charge is 0.451 e. The summed E-state index contributed by atoms with van der Waals surface area (Å²) in [6.07, 6.45) is -4.47. The van der Waals surface area contributed by atoms with Crippen LogP contribution in [0.4, 0.5) is 24.5 Å². The minimum absolute atomic E-state index is 0.200. The van der Waals surface area contributed by atoms with Gasteiger partial charge in [-0.3, -0.25) is 0 Å². The number of nitrogens with two attached hydrogens (primary N) is 1. The van der Waals surface area contributed by atoms with Crippen LogP contribution in [-0.4, -0.2) is 21.3 Å². The second kappa shape index (κ2) is 4.64. The van der Waals surface area contributed by atoms with Gasteiger partial charge < -0.3 is 15.2 Å². The van der Waals surface area contributed by atoms with Crippen molar-refractivity contribution in [2.45, 2.75) is 26.2 Å². The maximum Gasteiger partial charge on any atom is 0.451 e. The molecule has 21 heavy (non-hydrogen) atoms. The summed E-state index contributed by atoms with van der Waals surface area (Å²) in [6.45, 7) is 2.84. The Labute approximate surface area is 119 Å². The number of nitrogen functional groups attached to an aromatic ring is 1. The summed E-state index contributed by atoms with van der Waals surface area (Å²) in [7, 11) is 0. The van der Waals surface area contributed by atoms with Gasteiger partial charge >= 0.3 is 6.18 Å². The molecule has 2 heterocycles. The van der Waals surface area contributed by atoms with Crippen LogP contribution < -0.4 is 10.6 Å². The van der Waals surface area contributed by atoms with Crippen LogP contribution >= 0.6 is 0 Å². The fraction of sp³-hybridized carbons (Fsp3) is 0.385. The third kappa shape index (κ3) is 2.30. The second-order valence-electron chi connectivity index (χ2n) is 5.00. The van der Waals surface area contributed by atoms with Crippen LogP contribution in [0.1, 0.15) is 17.2 Å². The third-order valence-electron chi connectivity index (χ3n) is 3.69. The van der Waals surface area contributed by atoms with Gasteiger partial charge in [0, 0.05) is 24.5 Å². The van der Waals surface area contributed by atoms with Gasteiger partial charge in [-0.15, -0.1) is 10.2 Å². The normalized spacial score (nSPS) is 15.1. The Kier molecular flexibility index (Phi) is 3.03. The molecule has 0 fully saturated rings.